The summed E-state index contributed by atoms with van der Waals surface area (Å²) in [6.07, 6.45) is 0.189. The minimum absolute atomic E-state index is 0.0326. The second-order valence-electron chi connectivity index (χ2n) is 6.41. The maximum absolute atomic E-state index is 13.4. The van der Waals surface area contributed by atoms with Gasteiger partial charge in [0.2, 0.25) is 11.2 Å². The Morgan fingerprint density at radius 1 is 0.968 bits per heavy atom. The first-order valence-corrected chi connectivity index (χ1v) is 9.64. The number of rotatable bonds is 7. The number of esters is 2. The second kappa shape index (κ2) is 9.34. The standard InChI is InChI=1S/C23H22O8/c1-5-19(24)30-14-8-9-15-17(12-14)31-22(23(26)29-6-2)20(21(15)25)13-7-10-16(27-3)18(11-13)28-4/h7-12H,5-6H2,1-4H3. The Balaban J connectivity index is 2.26. The molecule has 0 amide bonds. The molecule has 0 atom stereocenters. The van der Waals surface area contributed by atoms with Crippen LogP contribution in [-0.4, -0.2) is 32.8 Å². The van der Waals surface area contributed by atoms with E-state index in [1.54, 1.807) is 32.0 Å². The molecule has 31 heavy (non-hydrogen) atoms. The topological polar surface area (TPSA) is 101 Å². The van der Waals surface area contributed by atoms with Crippen molar-refractivity contribution in [1.29, 1.82) is 0 Å². The van der Waals surface area contributed by atoms with Crippen LogP contribution in [0.5, 0.6) is 17.2 Å². The van der Waals surface area contributed by atoms with Gasteiger partial charge in [0, 0.05) is 12.5 Å². The van der Waals surface area contributed by atoms with Gasteiger partial charge in [-0.2, -0.15) is 0 Å². The van der Waals surface area contributed by atoms with Crippen molar-refractivity contribution in [3.05, 3.63) is 52.4 Å². The van der Waals surface area contributed by atoms with Crippen molar-refractivity contribution in [2.24, 2.45) is 0 Å². The smallest absolute Gasteiger partial charge is 0.375 e. The van der Waals surface area contributed by atoms with Crippen LogP contribution in [0.15, 0.2) is 45.6 Å². The first kappa shape index (κ1) is 21.9. The van der Waals surface area contributed by atoms with Crippen molar-refractivity contribution in [3.8, 4) is 28.4 Å². The molecule has 0 aliphatic heterocycles. The normalized spacial score (nSPS) is 10.6. The molecule has 0 saturated heterocycles. The van der Waals surface area contributed by atoms with E-state index in [2.05, 4.69) is 0 Å². The summed E-state index contributed by atoms with van der Waals surface area (Å²) in [4.78, 5) is 37.6. The summed E-state index contributed by atoms with van der Waals surface area (Å²) in [5.41, 5.74) is 0.0895. The van der Waals surface area contributed by atoms with E-state index >= 15 is 0 Å². The third kappa shape index (κ3) is 4.37. The van der Waals surface area contributed by atoms with Gasteiger partial charge >= 0.3 is 11.9 Å². The van der Waals surface area contributed by atoms with Gasteiger partial charge < -0.3 is 23.4 Å². The third-order valence-corrected chi connectivity index (χ3v) is 4.52. The number of hydrogen-bond donors (Lipinski definition) is 0. The quantitative estimate of drug-likeness (QED) is 0.413. The van der Waals surface area contributed by atoms with Crippen LogP contribution in [0.25, 0.3) is 22.1 Å². The molecule has 0 saturated carbocycles. The van der Waals surface area contributed by atoms with Gasteiger partial charge in [0.1, 0.15) is 11.3 Å². The first-order valence-electron chi connectivity index (χ1n) is 9.64. The highest BCUT2D eigenvalue weighted by molar-refractivity contribution is 5.98. The summed E-state index contributed by atoms with van der Waals surface area (Å²) in [5.74, 6) is -0.425. The molecule has 0 aliphatic rings. The predicted octanol–water partition coefficient (Wildman–Crippen LogP) is 3.97. The number of fused-ring (bicyclic) bond motifs is 1. The molecule has 0 unspecified atom stereocenters. The van der Waals surface area contributed by atoms with Crippen LogP contribution in [0.4, 0.5) is 0 Å². The summed E-state index contributed by atoms with van der Waals surface area (Å²) in [5, 5.41) is 0.217. The van der Waals surface area contributed by atoms with Gasteiger partial charge in [0.05, 0.1) is 31.8 Å². The Morgan fingerprint density at radius 3 is 2.35 bits per heavy atom. The van der Waals surface area contributed by atoms with Crippen molar-refractivity contribution in [2.45, 2.75) is 20.3 Å². The van der Waals surface area contributed by atoms with Crippen LogP contribution in [0, 0.1) is 0 Å². The van der Waals surface area contributed by atoms with Gasteiger partial charge in [-0.05, 0) is 36.8 Å². The number of ether oxygens (including phenoxy) is 4. The average molecular weight is 426 g/mol. The molecule has 8 nitrogen and oxygen atoms in total. The SMILES string of the molecule is CCOC(=O)c1oc2cc(OC(=O)CC)ccc2c(=O)c1-c1ccc(OC)c(OC)c1. The highest BCUT2D eigenvalue weighted by Crippen LogP contribution is 2.34. The van der Waals surface area contributed by atoms with E-state index in [0.29, 0.717) is 17.1 Å². The van der Waals surface area contributed by atoms with Crippen molar-refractivity contribution < 1.29 is 33.0 Å². The summed E-state index contributed by atoms with van der Waals surface area (Å²) < 4.78 is 26.6. The number of carbonyl (C=O) groups is 2. The number of methoxy groups -OCH3 is 2. The number of benzene rings is 2. The fourth-order valence-corrected chi connectivity index (χ4v) is 3.03. The Labute approximate surface area is 178 Å². The zero-order valence-electron chi connectivity index (χ0n) is 17.6. The van der Waals surface area contributed by atoms with Crippen LogP contribution in [0.1, 0.15) is 30.8 Å². The molecule has 8 heteroatoms. The first-order chi connectivity index (χ1) is 14.9. The lowest BCUT2D eigenvalue weighted by Gasteiger charge is -2.13. The lowest BCUT2D eigenvalue weighted by molar-refractivity contribution is -0.134. The average Bonchev–Trinajstić information content (AvgIpc) is 2.78. The molecule has 3 aromatic rings. The zero-order valence-corrected chi connectivity index (χ0v) is 17.6. The van der Waals surface area contributed by atoms with Gasteiger partial charge in [-0.1, -0.05) is 13.0 Å². The lowest BCUT2D eigenvalue weighted by Crippen LogP contribution is -2.15. The van der Waals surface area contributed by atoms with Gasteiger partial charge in [0.15, 0.2) is 11.5 Å². The van der Waals surface area contributed by atoms with Crippen LogP contribution < -0.4 is 19.6 Å². The fourth-order valence-electron chi connectivity index (χ4n) is 3.03. The Hall–Kier alpha value is -3.81. The Bertz CT molecular complexity index is 1190. The minimum Gasteiger partial charge on any atom is -0.493 e. The minimum atomic E-state index is -0.790. The molecule has 2 aromatic carbocycles. The molecule has 3 rings (SSSR count). The van der Waals surface area contributed by atoms with Gasteiger partial charge in [-0.15, -0.1) is 0 Å². The Morgan fingerprint density at radius 2 is 1.71 bits per heavy atom. The fraction of sp³-hybridized carbons (Fsp3) is 0.261. The zero-order chi connectivity index (χ0) is 22.5. The highest BCUT2D eigenvalue weighted by Gasteiger charge is 2.24. The molecule has 0 radical (unpaired) electrons. The van der Waals surface area contributed by atoms with E-state index in [-0.39, 0.29) is 41.1 Å². The molecule has 0 bridgehead atoms. The predicted molar refractivity (Wildman–Crippen MR) is 113 cm³/mol. The molecule has 0 fully saturated rings. The van der Waals surface area contributed by atoms with E-state index in [9.17, 15) is 14.4 Å². The molecule has 162 valence electrons. The largest absolute Gasteiger partial charge is 0.493 e. The maximum Gasteiger partial charge on any atom is 0.375 e. The van der Waals surface area contributed by atoms with Crippen LogP contribution in [0.3, 0.4) is 0 Å². The van der Waals surface area contributed by atoms with Gasteiger partial charge in [-0.3, -0.25) is 9.59 Å². The lowest BCUT2D eigenvalue weighted by atomic mass is 10.0. The van der Waals surface area contributed by atoms with Gasteiger partial charge in [-0.25, -0.2) is 4.79 Å². The van der Waals surface area contributed by atoms with Gasteiger partial charge in [0.25, 0.3) is 0 Å². The molecule has 0 aliphatic carbocycles. The van der Waals surface area contributed by atoms with Crippen LogP contribution >= 0.6 is 0 Å². The van der Waals surface area contributed by atoms with Crippen molar-refractivity contribution in [2.75, 3.05) is 20.8 Å². The van der Waals surface area contributed by atoms with Crippen molar-refractivity contribution >= 4 is 22.9 Å². The van der Waals surface area contributed by atoms with Crippen molar-refractivity contribution in [1.82, 2.24) is 0 Å². The molecule has 1 heterocycles. The third-order valence-electron chi connectivity index (χ3n) is 4.52. The monoisotopic (exact) mass is 426 g/mol. The van der Waals surface area contributed by atoms with E-state index in [1.165, 1.54) is 32.4 Å². The van der Waals surface area contributed by atoms with E-state index in [1.807, 2.05) is 0 Å². The molecular formula is C23H22O8. The van der Waals surface area contributed by atoms with Crippen LogP contribution in [-0.2, 0) is 9.53 Å². The van der Waals surface area contributed by atoms with E-state index in [4.69, 9.17) is 23.4 Å². The molecule has 0 spiro atoms. The van der Waals surface area contributed by atoms with Crippen molar-refractivity contribution in [3.63, 3.8) is 0 Å². The maximum atomic E-state index is 13.4. The summed E-state index contributed by atoms with van der Waals surface area (Å²) in [6, 6.07) is 9.20. The Kier molecular flexibility index (Phi) is 6.59. The second-order valence-corrected chi connectivity index (χ2v) is 6.41. The summed E-state index contributed by atoms with van der Waals surface area (Å²) in [6.45, 7) is 3.41. The molecular weight excluding hydrogens is 404 g/mol. The number of carbonyl (C=O) groups excluding carboxylic acids is 2. The van der Waals surface area contributed by atoms with E-state index in [0.717, 1.165) is 0 Å². The summed E-state index contributed by atoms with van der Waals surface area (Å²) in [7, 11) is 2.96. The van der Waals surface area contributed by atoms with Crippen LogP contribution in [0.2, 0.25) is 0 Å². The summed E-state index contributed by atoms with van der Waals surface area (Å²) >= 11 is 0. The number of hydrogen-bond acceptors (Lipinski definition) is 8. The van der Waals surface area contributed by atoms with E-state index < -0.39 is 17.4 Å². The highest BCUT2D eigenvalue weighted by atomic mass is 16.5. The molecule has 1 aromatic heterocycles. The molecule has 0 N–H and O–H groups in total.